The Morgan fingerprint density at radius 1 is 1.07 bits per heavy atom. The van der Waals surface area contributed by atoms with Gasteiger partial charge in [-0.05, 0) is 36.6 Å². The Labute approximate surface area is 171 Å². The van der Waals surface area contributed by atoms with Crippen molar-refractivity contribution in [1.82, 2.24) is 15.2 Å². The number of para-hydroxylation sites is 1. The van der Waals surface area contributed by atoms with E-state index in [4.69, 9.17) is 4.74 Å². The van der Waals surface area contributed by atoms with E-state index in [-0.39, 0.29) is 23.2 Å². The number of nitrogens with one attached hydrogen (secondary N) is 2. The minimum atomic E-state index is -0.322. The van der Waals surface area contributed by atoms with Gasteiger partial charge in [0.25, 0.3) is 11.8 Å². The number of benzene rings is 1. The summed E-state index contributed by atoms with van der Waals surface area (Å²) in [6, 6.07) is 10.8. The minimum absolute atomic E-state index is 0.219. The van der Waals surface area contributed by atoms with Gasteiger partial charge in [0.1, 0.15) is 11.4 Å². The Kier molecular flexibility index (Phi) is 7.32. The summed E-state index contributed by atoms with van der Waals surface area (Å²) in [5.41, 5.74) is 3.32. The Morgan fingerprint density at radius 2 is 1.76 bits per heavy atom. The predicted octanol–water partition coefficient (Wildman–Crippen LogP) is 2.27. The second kappa shape index (κ2) is 10.1. The summed E-state index contributed by atoms with van der Waals surface area (Å²) in [5, 5.41) is 5.82. The van der Waals surface area contributed by atoms with Gasteiger partial charge in [0.15, 0.2) is 0 Å². The number of anilines is 1. The molecular weight excluding hydrogens is 368 g/mol. The molecule has 1 saturated heterocycles. The number of carbonyl (C=O) groups excluding carboxylic acids is 2. The average Bonchev–Trinajstić information content (AvgIpc) is 2.75. The molecule has 7 heteroatoms. The van der Waals surface area contributed by atoms with Crippen LogP contribution >= 0.6 is 0 Å². The fourth-order valence-electron chi connectivity index (χ4n) is 3.31. The molecule has 1 aliphatic heterocycles. The summed E-state index contributed by atoms with van der Waals surface area (Å²) in [7, 11) is 0. The smallest absolute Gasteiger partial charge is 0.274 e. The van der Waals surface area contributed by atoms with E-state index < -0.39 is 0 Å². The van der Waals surface area contributed by atoms with Crippen molar-refractivity contribution in [1.29, 1.82) is 0 Å². The number of amides is 2. The molecule has 1 fully saturated rings. The normalized spacial score (nSPS) is 14.4. The molecule has 3 rings (SSSR count). The van der Waals surface area contributed by atoms with E-state index in [1.807, 2.05) is 32.0 Å². The van der Waals surface area contributed by atoms with Gasteiger partial charge < -0.3 is 15.4 Å². The fourth-order valence-corrected chi connectivity index (χ4v) is 3.31. The van der Waals surface area contributed by atoms with E-state index in [2.05, 4.69) is 20.5 Å². The summed E-state index contributed by atoms with van der Waals surface area (Å²) >= 11 is 0. The van der Waals surface area contributed by atoms with Crippen LogP contribution in [-0.2, 0) is 11.2 Å². The van der Waals surface area contributed by atoms with Crippen LogP contribution in [-0.4, -0.2) is 61.1 Å². The van der Waals surface area contributed by atoms with E-state index in [1.54, 1.807) is 18.2 Å². The minimum Gasteiger partial charge on any atom is -0.379 e. The van der Waals surface area contributed by atoms with Gasteiger partial charge in [-0.2, -0.15) is 0 Å². The van der Waals surface area contributed by atoms with Gasteiger partial charge in [-0.3, -0.25) is 14.5 Å². The zero-order chi connectivity index (χ0) is 20.6. The highest BCUT2D eigenvalue weighted by Crippen LogP contribution is 2.21. The van der Waals surface area contributed by atoms with Crippen LogP contribution in [0.4, 0.5) is 5.69 Å². The number of aryl methyl sites for hydroxylation is 2. The number of hydrogen-bond acceptors (Lipinski definition) is 5. The second-order valence-electron chi connectivity index (χ2n) is 7.03. The topological polar surface area (TPSA) is 83.6 Å². The molecule has 29 heavy (non-hydrogen) atoms. The molecule has 1 aromatic carbocycles. The SMILES string of the molecule is CCc1cccc(C)c1NC(=O)c1cccc(C(=O)NCCN2CCOCC2)n1. The lowest BCUT2D eigenvalue weighted by Crippen LogP contribution is -2.41. The molecule has 1 aliphatic rings. The maximum absolute atomic E-state index is 12.7. The van der Waals surface area contributed by atoms with Crippen LogP contribution in [0.5, 0.6) is 0 Å². The maximum atomic E-state index is 12.7. The van der Waals surface area contributed by atoms with Crippen molar-refractivity contribution in [2.45, 2.75) is 20.3 Å². The van der Waals surface area contributed by atoms with Crippen molar-refractivity contribution >= 4 is 17.5 Å². The van der Waals surface area contributed by atoms with Crippen molar-refractivity contribution in [3.63, 3.8) is 0 Å². The van der Waals surface area contributed by atoms with E-state index in [0.29, 0.717) is 6.54 Å². The molecule has 0 atom stereocenters. The van der Waals surface area contributed by atoms with Crippen LogP contribution in [0.2, 0.25) is 0 Å². The summed E-state index contributed by atoms with van der Waals surface area (Å²) < 4.78 is 5.32. The molecule has 0 bridgehead atoms. The van der Waals surface area contributed by atoms with Crippen molar-refractivity contribution in [2.75, 3.05) is 44.7 Å². The molecule has 0 spiro atoms. The largest absolute Gasteiger partial charge is 0.379 e. The Balaban J connectivity index is 1.61. The molecule has 2 heterocycles. The van der Waals surface area contributed by atoms with Crippen molar-refractivity contribution in [3.8, 4) is 0 Å². The van der Waals surface area contributed by atoms with Crippen molar-refractivity contribution < 1.29 is 14.3 Å². The van der Waals surface area contributed by atoms with Crippen LogP contribution in [0.25, 0.3) is 0 Å². The summed E-state index contributed by atoms with van der Waals surface area (Å²) in [4.78, 5) is 31.6. The lowest BCUT2D eigenvalue weighted by molar-refractivity contribution is 0.0383. The first-order valence-electron chi connectivity index (χ1n) is 10.0. The Morgan fingerprint density at radius 3 is 2.48 bits per heavy atom. The first kappa shape index (κ1) is 21.0. The highest BCUT2D eigenvalue weighted by atomic mass is 16.5. The Hall–Kier alpha value is -2.77. The van der Waals surface area contributed by atoms with Gasteiger partial charge in [-0.1, -0.05) is 31.2 Å². The van der Waals surface area contributed by atoms with Gasteiger partial charge in [-0.15, -0.1) is 0 Å². The number of aromatic nitrogens is 1. The number of morpholine rings is 1. The van der Waals surface area contributed by atoms with Gasteiger partial charge >= 0.3 is 0 Å². The molecule has 2 amide bonds. The molecule has 2 N–H and O–H groups in total. The number of ether oxygens (including phenoxy) is 1. The molecule has 0 unspecified atom stereocenters. The van der Waals surface area contributed by atoms with E-state index in [9.17, 15) is 9.59 Å². The van der Waals surface area contributed by atoms with Gasteiger partial charge in [0, 0.05) is 31.9 Å². The zero-order valence-corrected chi connectivity index (χ0v) is 17.0. The third kappa shape index (κ3) is 5.62. The van der Waals surface area contributed by atoms with Gasteiger partial charge in [0.05, 0.1) is 13.2 Å². The molecule has 0 saturated carbocycles. The van der Waals surface area contributed by atoms with E-state index in [1.165, 1.54) is 0 Å². The lowest BCUT2D eigenvalue weighted by Gasteiger charge is -2.26. The standard InChI is InChI=1S/C22H28N4O3/c1-3-17-7-4-6-16(2)20(17)25-22(28)19-9-5-8-18(24-19)21(27)23-10-11-26-12-14-29-15-13-26/h4-9H,3,10-15H2,1-2H3,(H,23,27)(H,25,28). The molecular formula is C22H28N4O3. The fraction of sp³-hybridized carbons (Fsp3) is 0.409. The van der Waals surface area contributed by atoms with Crippen LogP contribution < -0.4 is 10.6 Å². The van der Waals surface area contributed by atoms with Crippen LogP contribution in [0.3, 0.4) is 0 Å². The molecule has 0 aliphatic carbocycles. The van der Waals surface area contributed by atoms with Gasteiger partial charge in [-0.25, -0.2) is 4.98 Å². The summed E-state index contributed by atoms with van der Waals surface area (Å²) in [6.45, 7) is 8.51. The summed E-state index contributed by atoms with van der Waals surface area (Å²) in [5.74, 6) is -0.602. The van der Waals surface area contributed by atoms with E-state index >= 15 is 0 Å². The number of carbonyl (C=O) groups is 2. The van der Waals surface area contributed by atoms with Crippen molar-refractivity contribution in [3.05, 3.63) is 58.9 Å². The number of rotatable bonds is 7. The summed E-state index contributed by atoms with van der Waals surface area (Å²) in [6.07, 6.45) is 0.816. The van der Waals surface area contributed by atoms with E-state index in [0.717, 1.165) is 56.1 Å². The first-order valence-corrected chi connectivity index (χ1v) is 10.0. The predicted molar refractivity (Wildman–Crippen MR) is 112 cm³/mol. The molecule has 1 aromatic heterocycles. The quantitative estimate of drug-likeness (QED) is 0.750. The molecule has 2 aromatic rings. The third-order valence-electron chi connectivity index (χ3n) is 5.01. The number of pyridine rings is 1. The number of nitrogens with zero attached hydrogens (tertiary/aromatic N) is 2. The molecule has 7 nitrogen and oxygen atoms in total. The average molecular weight is 396 g/mol. The Bertz CT molecular complexity index is 863. The molecule has 0 radical (unpaired) electrons. The lowest BCUT2D eigenvalue weighted by atomic mass is 10.1. The monoisotopic (exact) mass is 396 g/mol. The zero-order valence-electron chi connectivity index (χ0n) is 17.0. The highest BCUT2D eigenvalue weighted by molar-refractivity contribution is 6.04. The van der Waals surface area contributed by atoms with Crippen LogP contribution in [0.1, 0.15) is 39.0 Å². The number of hydrogen-bond donors (Lipinski definition) is 2. The van der Waals surface area contributed by atoms with Crippen LogP contribution in [0.15, 0.2) is 36.4 Å². The second-order valence-corrected chi connectivity index (χ2v) is 7.03. The maximum Gasteiger partial charge on any atom is 0.274 e. The third-order valence-corrected chi connectivity index (χ3v) is 5.01. The first-order chi connectivity index (χ1) is 14.1. The highest BCUT2D eigenvalue weighted by Gasteiger charge is 2.15. The van der Waals surface area contributed by atoms with Crippen LogP contribution in [0, 0.1) is 6.92 Å². The van der Waals surface area contributed by atoms with Crippen molar-refractivity contribution in [2.24, 2.45) is 0 Å². The molecule has 154 valence electrons. The van der Waals surface area contributed by atoms with Gasteiger partial charge in [0.2, 0.25) is 0 Å².